The van der Waals surface area contributed by atoms with E-state index in [9.17, 15) is 9.50 Å². The topological polar surface area (TPSA) is 50.4 Å². The number of fused-ring (bicyclic) bond motifs is 3. The molecule has 4 rings (SSSR count). The van der Waals surface area contributed by atoms with Crippen molar-refractivity contribution in [2.24, 2.45) is 4.99 Å². The van der Waals surface area contributed by atoms with Crippen molar-refractivity contribution in [1.82, 2.24) is 9.55 Å². The minimum Gasteiger partial charge on any atom is -0.388 e. The van der Waals surface area contributed by atoms with Gasteiger partial charge in [0.1, 0.15) is 18.2 Å². The summed E-state index contributed by atoms with van der Waals surface area (Å²) in [5, 5.41) is 9.97. The highest BCUT2D eigenvalue weighted by Crippen LogP contribution is 2.29. The molecule has 120 valence electrons. The molecule has 0 saturated carbocycles. The lowest BCUT2D eigenvalue weighted by molar-refractivity contribution is 0.269. The smallest absolute Gasteiger partial charge is 0.139 e. The molecular formula is C18H13ClFN3O. The molecule has 0 bridgehead atoms. The molecule has 1 N–H and O–H groups in total. The maximum atomic E-state index is 14.9. The van der Waals surface area contributed by atoms with Crippen molar-refractivity contribution in [1.29, 1.82) is 0 Å². The van der Waals surface area contributed by atoms with Gasteiger partial charge in [-0.1, -0.05) is 23.7 Å². The van der Waals surface area contributed by atoms with Gasteiger partial charge in [-0.05, 0) is 30.3 Å². The molecule has 0 unspecified atom stereocenters. The largest absolute Gasteiger partial charge is 0.388 e. The summed E-state index contributed by atoms with van der Waals surface area (Å²) in [4.78, 5) is 8.59. The van der Waals surface area contributed by atoms with Gasteiger partial charge in [-0.25, -0.2) is 9.37 Å². The van der Waals surface area contributed by atoms with Crippen molar-refractivity contribution in [3.05, 3.63) is 82.1 Å². The molecule has 2 aromatic carbocycles. The van der Waals surface area contributed by atoms with E-state index in [1.54, 1.807) is 29.0 Å². The first-order chi connectivity index (χ1) is 13.3. The number of benzene rings is 2. The maximum absolute atomic E-state index is 14.9. The van der Waals surface area contributed by atoms with Crippen LogP contribution in [0, 0.1) is 5.82 Å². The predicted molar refractivity (Wildman–Crippen MR) is 90.2 cm³/mol. The van der Waals surface area contributed by atoms with Crippen LogP contribution >= 0.6 is 11.6 Å². The van der Waals surface area contributed by atoms with Crippen molar-refractivity contribution in [3.63, 3.8) is 0 Å². The molecule has 0 atom stereocenters. The highest BCUT2D eigenvalue weighted by Gasteiger charge is 2.23. The average Bonchev–Trinajstić information content (AvgIpc) is 3.03. The molecule has 0 fully saturated rings. The second-order valence-corrected chi connectivity index (χ2v) is 5.61. The first-order valence-electron chi connectivity index (χ1n) is 9.12. The summed E-state index contributed by atoms with van der Waals surface area (Å²) in [6.45, 7) is -0.243. The first kappa shape index (κ1) is 11.1. The van der Waals surface area contributed by atoms with E-state index in [2.05, 4.69) is 9.98 Å². The fraction of sp³-hybridized carbons (Fsp3) is 0.111. The SMILES string of the molecule is [2H]c1c([2H])c([2H])c(C2=NCc3cnc(CO)n3-c3ccc(Cl)cc32)c(F)c1[2H]. The number of hydrogen-bond donors (Lipinski definition) is 1. The van der Waals surface area contributed by atoms with Gasteiger partial charge >= 0.3 is 0 Å². The van der Waals surface area contributed by atoms with E-state index >= 15 is 0 Å². The quantitative estimate of drug-likeness (QED) is 0.772. The van der Waals surface area contributed by atoms with Crippen molar-refractivity contribution in [2.75, 3.05) is 0 Å². The Labute approximate surface area is 148 Å². The number of aliphatic imine (C=N–C) groups is 1. The third-order valence-corrected chi connectivity index (χ3v) is 4.02. The first-order valence-corrected chi connectivity index (χ1v) is 7.50. The van der Waals surface area contributed by atoms with Crippen molar-refractivity contribution in [3.8, 4) is 5.69 Å². The van der Waals surface area contributed by atoms with Gasteiger partial charge in [0, 0.05) is 16.1 Å². The van der Waals surface area contributed by atoms with Crippen molar-refractivity contribution in [2.45, 2.75) is 13.2 Å². The van der Waals surface area contributed by atoms with Crippen LogP contribution in [-0.2, 0) is 13.2 Å². The lowest BCUT2D eigenvalue weighted by atomic mass is 10.00. The van der Waals surface area contributed by atoms with Crippen molar-refractivity contribution < 1.29 is 15.0 Å². The fourth-order valence-electron chi connectivity index (χ4n) is 2.76. The van der Waals surface area contributed by atoms with Crippen LogP contribution in [0.5, 0.6) is 0 Å². The highest BCUT2D eigenvalue weighted by atomic mass is 35.5. The summed E-state index contributed by atoms with van der Waals surface area (Å²) in [7, 11) is 0. The third-order valence-electron chi connectivity index (χ3n) is 3.78. The summed E-state index contributed by atoms with van der Waals surface area (Å²) in [6.07, 6.45) is 1.55. The lowest BCUT2D eigenvalue weighted by Gasteiger charge is -2.14. The molecule has 3 aromatic rings. The fourth-order valence-corrected chi connectivity index (χ4v) is 2.93. The lowest BCUT2D eigenvalue weighted by Crippen LogP contribution is -2.10. The van der Waals surface area contributed by atoms with E-state index in [1.807, 2.05) is 0 Å². The summed E-state index contributed by atoms with van der Waals surface area (Å²) < 4.78 is 48.1. The molecule has 6 heteroatoms. The van der Waals surface area contributed by atoms with Gasteiger partial charge in [-0.15, -0.1) is 0 Å². The molecule has 0 amide bonds. The Hall–Kier alpha value is -2.50. The second kappa shape index (κ2) is 5.85. The molecule has 0 spiro atoms. The van der Waals surface area contributed by atoms with Crippen molar-refractivity contribution >= 4 is 17.3 Å². The van der Waals surface area contributed by atoms with Gasteiger partial charge in [0.25, 0.3) is 0 Å². The zero-order valence-corrected chi connectivity index (χ0v) is 13.0. The van der Waals surface area contributed by atoms with Crippen LogP contribution in [-0.4, -0.2) is 20.4 Å². The zero-order valence-electron chi connectivity index (χ0n) is 16.3. The summed E-state index contributed by atoms with van der Waals surface area (Å²) in [6, 6.07) is 2.38. The van der Waals surface area contributed by atoms with Crippen LogP contribution < -0.4 is 0 Å². The van der Waals surface area contributed by atoms with E-state index in [0.717, 1.165) is 0 Å². The van der Waals surface area contributed by atoms with Gasteiger partial charge in [0.2, 0.25) is 0 Å². The minimum absolute atomic E-state index is 0.0644. The number of imidazole rings is 1. The van der Waals surface area contributed by atoms with Crippen LogP contribution in [0.25, 0.3) is 5.69 Å². The van der Waals surface area contributed by atoms with Crippen LogP contribution in [0.4, 0.5) is 4.39 Å². The summed E-state index contributed by atoms with van der Waals surface area (Å²) >= 11 is 6.15. The Morgan fingerprint density at radius 1 is 1.29 bits per heavy atom. The van der Waals surface area contributed by atoms with E-state index in [4.69, 9.17) is 17.1 Å². The normalized spacial score (nSPS) is 15.4. The van der Waals surface area contributed by atoms with Crippen LogP contribution in [0.3, 0.4) is 0 Å². The van der Waals surface area contributed by atoms with Crippen LogP contribution in [0.1, 0.15) is 28.1 Å². The highest BCUT2D eigenvalue weighted by molar-refractivity contribution is 6.31. The van der Waals surface area contributed by atoms with E-state index in [1.165, 1.54) is 0 Å². The minimum atomic E-state index is -1.08. The Bertz CT molecular complexity index is 1130. The number of aliphatic hydroxyl groups excluding tert-OH is 1. The van der Waals surface area contributed by atoms with E-state index < -0.39 is 30.0 Å². The monoisotopic (exact) mass is 345 g/mol. The molecule has 1 aliphatic rings. The number of nitrogens with zero attached hydrogens (tertiary/aromatic N) is 3. The average molecular weight is 346 g/mol. The molecule has 24 heavy (non-hydrogen) atoms. The Morgan fingerprint density at radius 2 is 2.12 bits per heavy atom. The molecule has 2 heterocycles. The molecule has 0 radical (unpaired) electrons. The summed E-state index contributed by atoms with van der Waals surface area (Å²) in [5.74, 6) is -0.715. The Morgan fingerprint density at radius 3 is 2.96 bits per heavy atom. The number of aromatic nitrogens is 2. The Balaban J connectivity index is 2.07. The molecule has 0 aliphatic carbocycles. The van der Waals surface area contributed by atoms with Crippen LogP contribution in [0.2, 0.25) is 5.02 Å². The van der Waals surface area contributed by atoms with E-state index in [-0.39, 0.29) is 24.4 Å². The second-order valence-electron chi connectivity index (χ2n) is 5.17. The molecular weight excluding hydrogens is 329 g/mol. The van der Waals surface area contributed by atoms with Gasteiger partial charge in [0.05, 0.1) is 35.3 Å². The van der Waals surface area contributed by atoms with Crippen LogP contribution in [0.15, 0.2) is 53.6 Å². The molecule has 1 aromatic heterocycles. The predicted octanol–water partition coefficient (Wildman–Crippen LogP) is 3.51. The standard InChI is InChI=1S/C18H13ClFN3O/c19-11-5-6-16-14(7-11)18(13-3-1-2-4-15(13)20)22-9-12-8-21-17(10-24)23(12)16/h1-8,24H,9-10H2/i1D,2D,3D,4D. The molecule has 0 saturated heterocycles. The number of rotatable bonds is 2. The van der Waals surface area contributed by atoms with Gasteiger partial charge in [-0.2, -0.15) is 0 Å². The van der Waals surface area contributed by atoms with Gasteiger partial charge in [-0.3, -0.25) is 9.56 Å². The molecule has 4 nitrogen and oxygen atoms in total. The van der Waals surface area contributed by atoms with Gasteiger partial charge in [0.15, 0.2) is 0 Å². The number of aliphatic hydroxyl groups is 1. The maximum Gasteiger partial charge on any atom is 0.139 e. The van der Waals surface area contributed by atoms with E-state index in [0.29, 0.717) is 27.8 Å². The van der Waals surface area contributed by atoms with Gasteiger partial charge < -0.3 is 5.11 Å². The zero-order chi connectivity index (χ0) is 20.2. The number of halogens is 2. The third kappa shape index (κ3) is 2.33. The molecule has 1 aliphatic heterocycles. The number of hydrogen-bond acceptors (Lipinski definition) is 3. The summed E-state index contributed by atoms with van der Waals surface area (Å²) in [5.41, 5.74) is 1.30. The Kier molecular flexibility index (Phi) is 2.71.